The maximum atomic E-state index is 13.9. The molecular weight excluding hydrogens is 373 g/mol. The second-order valence-corrected chi connectivity index (χ2v) is 6.56. The van der Waals surface area contributed by atoms with Gasteiger partial charge in [0.15, 0.2) is 0 Å². The van der Waals surface area contributed by atoms with Crippen LogP contribution >= 0.6 is 0 Å². The number of methoxy groups -OCH3 is 1. The van der Waals surface area contributed by atoms with Crippen molar-refractivity contribution in [3.05, 3.63) is 83.9 Å². The zero-order valence-corrected chi connectivity index (χ0v) is 16.1. The summed E-state index contributed by atoms with van der Waals surface area (Å²) in [7, 11) is 1.32. The summed E-state index contributed by atoms with van der Waals surface area (Å²) in [5, 5.41) is 2.87. The van der Waals surface area contributed by atoms with Crippen LogP contribution in [0.4, 0.5) is 4.39 Å². The van der Waals surface area contributed by atoms with Crippen LogP contribution in [0.1, 0.15) is 30.2 Å². The molecule has 0 radical (unpaired) electrons. The smallest absolute Gasteiger partial charge is 0.307 e. The van der Waals surface area contributed by atoms with Crippen molar-refractivity contribution in [2.45, 2.75) is 25.3 Å². The number of hydrogen-bond donors (Lipinski definition) is 1. The minimum absolute atomic E-state index is 0.0461. The van der Waals surface area contributed by atoms with Crippen molar-refractivity contribution in [1.29, 1.82) is 0 Å². The van der Waals surface area contributed by atoms with Crippen LogP contribution in [0.3, 0.4) is 0 Å². The molecule has 2 aromatic carbocycles. The first-order chi connectivity index (χ1) is 14.1. The van der Waals surface area contributed by atoms with Crippen LogP contribution in [0.5, 0.6) is 0 Å². The highest BCUT2D eigenvalue weighted by Crippen LogP contribution is 2.25. The third-order valence-corrected chi connectivity index (χ3v) is 4.54. The van der Waals surface area contributed by atoms with E-state index in [2.05, 4.69) is 5.32 Å². The Hall–Kier alpha value is -3.41. The summed E-state index contributed by atoms with van der Waals surface area (Å²) in [5.74, 6) is 0.0277. The van der Waals surface area contributed by atoms with E-state index in [9.17, 15) is 14.0 Å². The Bertz CT molecular complexity index is 968. The SMILES string of the molecule is COC(=O)CC(NC(=O)CCc1ccc(-c2ccccc2F)o1)c1ccccc1. The van der Waals surface area contributed by atoms with Gasteiger partial charge in [0.1, 0.15) is 17.3 Å². The van der Waals surface area contributed by atoms with Gasteiger partial charge in [0, 0.05) is 12.8 Å². The largest absolute Gasteiger partial charge is 0.469 e. The Morgan fingerprint density at radius 1 is 1.03 bits per heavy atom. The van der Waals surface area contributed by atoms with E-state index >= 15 is 0 Å². The van der Waals surface area contributed by atoms with Crippen molar-refractivity contribution in [3.8, 4) is 11.3 Å². The minimum atomic E-state index is -0.471. The third kappa shape index (κ3) is 5.54. The summed E-state index contributed by atoms with van der Waals surface area (Å²) in [4.78, 5) is 24.1. The molecule has 0 aliphatic rings. The number of nitrogens with one attached hydrogen (secondary N) is 1. The number of ether oxygens (including phenoxy) is 1. The lowest BCUT2D eigenvalue weighted by Crippen LogP contribution is -2.30. The van der Waals surface area contributed by atoms with E-state index < -0.39 is 12.0 Å². The molecule has 1 heterocycles. The molecule has 150 valence electrons. The molecule has 1 unspecified atom stereocenters. The summed E-state index contributed by atoms with van der Waals surface area (Å²) < 4.78 is 24.3. The van der Waals surface area contributed by atoms with Crippen LogP contribution in [-0.2, 0) is 20.7 Å². The maximum Gasteiger partial charge on any atom is 0.307 e. The first-order valence-corrected chi connectivity index (χ1v) is 9.31. The van der Waals surface area contributed by atoms with Gasteiger partial charge in [0.25, 0.3) is 0 Å². The number of amides is 1. The molecule has 1 amide bonds. The average molecular weight is 395 g/mol. The van der Waals surface area contributed by atoms with E-state index in [-0.39, 0.29) is 24.6 Å². The van der Waals surface area contributed by atoms with Crippen LogP contribution in [0.15, 0.2) is 71.1 Å². The van der Waals surface area contributed by atoms with E-state index in [1.54, 1.807) is 30.3 Å². The van der Waals surface area contributed by atoms with Gasteiger partial charge >= 0.3 is 5.97 Å². The van der Waals surface area contributed by atoms with Crippen LogP contribution in [-0.4, -0.2) is 19.0 Å². The zero-order valence-electron chi connectivity index (χ0n) is 16.1. The number of halogens is 1. The Balaban J connectivity index is 1.61. The molecule has 0 spiro atoms. The summed E-state index contributed by atoms with van der Waals surface area (Å²) in [6.45, 7) is 0. The molecule has 1 N–H and O–H groups in total. The van der Waals surface area contributed by atoms with Gasteiger partial charge in [-0.3, -0.25) is 9.59 Å². The zero-order chi connectivity index (χ0) is 20.6. The highest BCUT2D eigenvalue weighted by Gasteiger charge is 2.19. The standard InChI is InChI=1S/C23H22FNO4/c1-28-23(27)15-20(16-7-3-2-4-8-16)25-22(26)14-12-17-11-13-21(29-17)18-9-5-6-10-19(18)24/h2-11,13,20H,12,14-15H2,1H3,(H,25,26). The van der Waals surface area contributed by atoms with Crippen LogP contribution in [0, 0.1) is 5.82 Å². The minimum Gasteiger partial charge on any atom is -0.469 e. The van der Waals surface area contributed by atoms with E-state index in [0.717, 1.165) is 5.56 Å². The molecule has 1 aromatic heterocycles. The third-order valence-electron chi connectivity index (χ3n) is 4.54. The highest BCUT2D eigenvalue weighted by atomic mass is 19.1. The van der Waals surface area contributed by atoms with Gasteiger partial charge in [-0.15, -0.1) is 0 Å². The Morgan fingerprint density at radius 3 is 2.48 bits per heavy atom. The Kier molecular flexibility index (Phi) is 6.79. The van der Waals surface area contributed by atoms with Gasteiger partial charge in [0.2, 0.25) is 5.91 Å². The molecule has 0 saturated heterocycles. The Labute approximate surface area is 168 Å². The first-order valence-electron chi connectivity index (χ1n) is 9.31. The van der Waals surface area contributed by atoms with Crippen LogP contribution in [0.25, 0.3) is 11.3 Å². The van der Waals surface area contributed by atoms with Crippen molar-refractivity contribution < 1.29 is 23.1 Å². The summed E-state index contributed by atoms with van der Waals surface area (Å²) in [6, 6.07) is 18.6. The van der Waals surface area contributed by atoms with E-state index in [1.165, 1.54) is 13.2 Å². The molecule has 0 saturated carbocycles. The number of furan rings is 1. The molecule has 1 atom stereocenters. The molecule has 0 aliphatic carbocycles. The maximum absolute atomic E-state index is 13.9. The number of hydrogen-bond acceptors (Lipinski definition) is 4. The predicted octanol–water partition coefficient (Wildman–Crippen LogP) is 4.44. The van der Waals surface area contributed by atoms with Gasteiger partial charge in [0.05, 0.1) is 25.1 Å². The second kappa shape index (κ2) is 9.68. The van der Waals surface area contributed by atoms with Crippen LogP contribution < -0.4 is 5.32 Å². The highest BCUT2D eigenvalue weighted by molar-refractivity contribution is 5.78. The van der Waals surface area contributed by atoms with Crippen molar-refractivity contribution in [2.75, 3.05) is 7.11 Å². The topological polar surface area (TPSA) is 68.5 Å². The van der Waals surface area contributed by atoms with Gasteiger partial charge < -0.3 is 14.5 Å². The Morgan fingerprint density at radius 2 is 1.76 bits per heavy atom. The van der Waals surface area contributed by atoms with Crippen molar-refractivity contribution in [2.24, 2.45) is 0 Å². The molecule has 29 heavy (non-hydrogen) atoms. The summed E-state index contributed by atoms with van der Waals surface area (Å²) in [5.41, 5.74) is 1.21. The predicted molar refractivity (Wildman–Crippen MR) is 106 cm³/mol. The van der Waals surface area contributed by atoms with Crippen molar-refractivity contribution >= 4 is 11.9 Å². The van der Waals surface area contributed by atoms with E-state index in [0.29, 0.717) is 23.5 Å². The van der Waals surface area contributed by atoms with Gasteiger partial charge in [-0.05, 0) is 29.8 Å². The monoisotopic (exact) mass is 395 g/mol. The first kappa shape index (κ1) is 20.3. The fourth-order valence-electron chi connectivity index (χ4n) is 3.01. The number of aryl methyl sites for hydroxylation is 1. The number of carbonyl (C=O) groups excluding carboxylic acids is 2. The number of esters is 1. The summed E-state index contributed by atoms with van der Waals surface area (Å²) >= 11 is 0. The fourth-order valence-corrected chi connectivity index (χ4v) is 3.01. The number of carbonyl (C=O) groups is 2. The fraction of sp³-hybridized carbons (Fsp3) is 0.217. The molecule has 3 aromatic rings. The molecule has 6 heteroatoms. The number of rotatable bonds is 8. The molecule has 0 fully saturated rings. The van der Waals surface area contributed by atoms with Gasteiger partial charge in [-0.2, -0.15) is 0 Å². The van der Waals surface area contributed by atoms with E-state index in [4.69, 9.17) is 9.15 Å². The quantitative estimate of drug-likeness (QED) is 0.573. The molecule has 3 rings (SSSR count). The lowest BCUT2D eigenvalue weighted by Gasteiger charge is -2.18. The molecular formula is C23H22FNO4. The lowest BCUT2D eigenvalue weighted by atomic mass is 10.0. The van der Waals surface area contributed by atoms with Crippen molar-refractivity contribution in [1.82, 2.24) is 5.32 Å². The molecule has 0 aliphatic heterocycles. The van der Waals surface area contributed by atoms with Crippen LogP contribution in [0.2, 0.25) is 0 Å². The number of benzene rings is 2. The molecule has 0 bridgehead atoms. The van der Waals surface area contributed by atoms with Gasteiger partial charge in [-0.25, -0.2) is 4.39 Å². The molecule has 5 nitrogen and oxygen atoms in total. The average Bonchev–Trinajstić information content (AvgIpc) is 3.21. The second-order valence-electron chi connectivity index (χ2n) is 6.56. The summed E-state index contributed by atoms with van der Waals surface area (Å²) in [6.07, 6.45) is 0.583. The normalized spacial score (nSPS) is 11.7. The van der Waals surface area contributed by atoms with Gasteiger partial charge in [-0.1, -0.05) is 42.5 Å². The van der Waals surface area contributed by atoms with Crippen molar-refractivity contribution in [3.63, 3.8) is 0 Å². The lowest BCUT2D eigenvalue weighted by molar-refractivity contribution is -0.141. The van der Waals surface area contributed by atoms with E-state index in [1.807, 2.05) is 30.3 Å².